The van der Waals surface area contributed by atoms with Crippen LogP contribution >= 0.6 is 0 Å². The van der Waals surface area contributed by atoms with E-state index in [1.807, 2.05) is 20.0 Å². The quantitative estimate of drug-likeness (QED) is 0.788. The molecular weight excluding hydrogens is 230 g/mol. The van der Waals surface area contributed by atoms with E-state index in [9.17, 15) is 4.79 Å². The van der Waals surface area contributed by atoms with E-state index in [2.05, 4.69) is 20.6 Å². The van der Waals surface area contributed by atoms with Crippen molar-refractivity contribution in [3.8, 4) is 0 Å². The van der Waals surface area contributed by atoms with Crippen LogP contribution in [0.5, 0.6) is 0 Å². The van der Waals surface area contributed by atoms with Crippen LogP contribution < -0.4 is 10.6 Å². The van der Waals surface area contributed by atoms with Crippen LogP contribution in [0.3, 0.4) is 0 Å². The van der Waals surface area contributed by atoms with E-state index in [1.54, 1.807) is 19.0 Å². The van der Waals surface area contributed by atoms with Crippen LogP contribution in [0.15, 0.2) is 6.07 Å². The molecular formula is C12H21N5O. The zero-order valence-electron chi connectivity index (χ0n) is 11.4. The standard InChI is InChI=1S/C12H21N5O/c1-5-9-15-10(13-2)8-11(16-9)14-7-6-12(18)17(3)4/h8H,5-7H2,1-4H3,(H2,13,14,15,16). The van der Waals surface area contributed by atoms with E-state index in [0.717, 1.165) is 23.9 Å². The van der Waals surface area contributed by atoms with Crippen molar-refractivity contribution in [3.63, 3.8) is 0 Å². The normalized spacial score (nSPS) is 10.0. The Hall–Kier alpha value is -1.85. The van der Waals surface area contributed by atoms with Gasteiger partial charge in [0.25, 0.3) is 0 Å². The van der Waals surface area contributed by atoms with Crippen molar-refractivity contribution in [2.24, 2.45) is 0 Å². The Labute approximate surface area is 108 Å². The Kier molecular flexibility index (Phi) is 5.35. The van der Waals surface area contributed by atoms with E-state index in [1.165, 1.54) is 0 Å². The third-order valence-electron chi connectivity index (χ3n) is 2.49. The smallest absolute Gasteiger partial charge is 0.223 e. The summed E-state index contributed by atoms with van der Waals surface area (Å²) in [4.78, 5) is 21.7. The summed E-state index contributed by atoms with van der Waals surface area (Å²) in [5.41, 5.74) is 0. The topological polar surface area (TPSA) is 70.2 Å². The molecule has 1 heterocycles. The lowest BCUT2D eigenvalue weighted by atomic mass is 10.3. The third-order valence-corrected chi connectivity index (χ3v) is 2.49. The molecule has 2 N–H and O–H groups in total. The molecule has 0 aliphatic rings. The highest BCUT2D eigenvalue weighted by Gasteiger charge is 2.05. The molecule has 0 bridgehead atoms. The molecule has 6 nitrogen and oxygen atoms in total. The van der Waals surface area contributed by atoms with Gasteiger partial charge >= 0.3 is 0 Å². The first-order valence-electron chi connectivity index (χ1n) is 6.06. The first-order chi connectivity index (χ1) is 8.56. The van der Waals surface area contributed by atoms with Crippen molar-refractivity contribution in [3.05, 3.63) is 11.9 Å². The number of amides is 1. The molecule has 1 aromatic heterocycles. The molecule has 6 heteroatoms. The lowest BCUT2D eigenvalue weighted by Gasteiger charge is -2.11. The zero-order chi connectivity index (χ0) is 13.5. The van der Waals surface area contributed by atoms with E-state index < -0.39 is 0 Å². The molecule has 1 amide bonds. The number of hydrogen-bond donors (Lipinski definition) is 2. The molecule has 1 aromatic rings. The van der Waals surface area contributed by atoms with Crippen molar-refractivity contribution in [1.82, 2.24) is 14.9 Å². The molecule has 0 saturated carbocycles. The van der Waals surface area contributed by atoms with Crippen LogP contribution in [0, 0.1) is 0 Å². The fourth-order valence-electron chi connectivity index (χ4n) is 1.39. The van der Waals surface area contributed by atoms with Gasteiger partial charge < -0.3 is 15.5 Å². The van der Waals surface area contributed by atoms with Crippen molar-refractivity contribution in [1.29, 1.82) is 0 Å². The van der Waals surface area contributed by atoms with Gasteiger partial charge in [-0.05, 0) is 0 Å². The Morgan fingerprint density at radius 1 is 1.33 bits per heavy atom. The summed E-state index contributed by atoms with van der Waals surface area (Å²) in [5.74, 6) is 2.41. The van der Waals surface area contributed by atoms with Crippen molar-refractivity contribution in [2.45, 2.75) is 19.8 Å². The maximum Gasteiger partial charge on any atom is 0.223 e. The monoisotopic (exact) mass is 251 g/mol. The number of aryl methyl sites for hydroxylation is 1. The third kappa shape index (κ3) is 4.20. The van der Waals surface area contributed by atoms with Gasteiger partial charge in [-0.3, -0.25) is 4.79 Å². The van der Waals surface area contributed by atoms with Crippen LogP contribution in [0.4, 0.5) is 11.6 Å². The lowest BCUT2D eigenvalue weighted by Crippen LogP contribution is -2.24. The van der Waals surface area contributed by atoms with E-state index in [-0.39, 0.29) is 5.91 Å². The van der Waals surface area contributed by atoms with Crippen LogP contribution in [0.1, 0.15) is 19.2 Å². The lowest BCUT2D eigenvalue weighted by molar-refractivity contribution is -0.128. The van der Waals surface area contributed by atoms with E-state index in [0.29, 0.717) is 13.0 Å². The summed E-state index contributed by atoms with van der Waals surface area (Å²) in [5, 5.41) is 6.13. The predicted octanol–water partition coefficient (Wildman–Crippen LogP) is 0.971. The van der Waals surface area contributed by atoms with Gasteiger partial charge in [-0.1, -0.05) is 6.92 Å². The first-order valence-corrected chi connectivity index (χ1v) is 6.06. The summed E-state index contributed by atoms with van der Waals surface area (Å²) in [6, 6.07) is 1.83. The maximum atomic E-state index is 11.4. The second-order valence-electron chi connectivity index (χ2n) is 4.12. The average Bonchev–Trinajstić information content (AvgIpc) is 2.37. The van der Waals surface area contributed by atoms with Gasteiger partial charge in [0.2, 0.25) is 5.91 Å². The second-order valence-corrected chi connectivity index (χ2v) is 4.12. The molecule has 0 radical (unpaired) electrons. The van der Waals surface area contributed by atoms with Crippen molar-refractivity contribution >= 4 is 17.5 Å². The molecule has 18 heavy (non-hydrogen) atoms. The van der Waals surface area contributed by atoms with Gasteiger partial charge in [-0.2, -0.15) is 0 Å². The fourth-order valence-corrected chi connectivity index (χ4v) is 1.39. The molecule has 0 aromatic carbocycles. The molecule has 0 fully saturated rings. The molecule has 1 rings (SSSR count). The van der Waals surface area contributed by atoms with Gasteiger partial charge in [0.05, 0.1) is 0 Å². The van der Waals surface area contributed by atoms with Crippen LogP contribution in [0.2, 0.25) is 0 Å². The highest BCUT2D eigenvalue weighted by molar-refractivity contribution is 5.76. The largest absolute Gasteiger partial charge is 0.373 e. The minimum absolute atomic E-state index is 0.0983. The van der Waals surface area contributed by atoms with Gasteiger partial charge in [0, 0.05) is 46.6 Å². The molecule has 0 saturated heterocycles. The summed E-state index contributed by atoms with van der Waals surface area (Å²) < 4.78 is 0. The Morgan fingerprint density at radius 3 is 2.56 bits per heavy atom. The molecule has 0 aliphatic heterocycles. The van der Waals surface area contributed by atoms with Crippen LogP contribution in [-0.2, 0) is 11.2 Å². The number of nitrogens with one attached hydrogen (secondary N) is 2. The summed E-state index contributed by atoms with van der Waals surface area (Å²) >= 11 is 0. The molecule has 0 atom stereocenters. The zero-order valence-corrected chi connectivity index (χ0v) is 11.4. The number of aromatic nitrogens is 2. The summed E-state index contributed by atoms with van der Waals surface area (Å²) in [6.45, 7) is 2.58. The van der Waals surface area contributed by atoms with Gasteiger partial charge in [0.15, 0.2) is 0 Å². The Balaban J connectivity index is 2.58. The predicted molar refractivity (Wildman–Crippen MR) is 72.8 cm³/mol. The SMILES string of the molecule is CCc1nc(NC)cc(NCCC(=O)N(C)C)n1. The van der Waals surface area contributed by atoms with Gasteiger partial charge in [-0.25, -0.2) is 9.97 Å². The number of hydrogen-bond acceptors (Lipinski definition) is 5. The Bertz CT molecular complexity index is 383. The summed E-state index contributed by atoms with van der Waals surface area (Å²) in [6.07, 6.45) is 1.23. The highest BCUT2D eigenvalue weighted by Crippen LogP contribution is 2.11. The van der Waals surface area contributed by atoms with Crippen LogP contribution in [-0.4, -0.2) is 48.5 Å². The van der Waals surface area contributed by atoms with Crippen molar-refractivity contribution < 1.29 is 4.79 Å². The second kappa shape index (κ2) is 6.78. The number of carbonyl (C=O) groups excluding carboxylic acids is 1. The maximum absolute atomic E-state index is 11.4. The molecule has 0 unspecified atom stereocenters. The highest BCUT2D eigenvalue weighted by atomic mass is 16.2. The minimum atomic E-state index is 0.0983. The minimum Gasteiger partial charge on any atom is -0.373 e. The van der Waals surface area contributed by atoms with Gasteiger partial charge in [0.1, 0.15) is 17.5 Å². The molecule has 0 spiro atoms. The number of anilines is 2. The van der Waals surface area contributed by atoms with E-state index in [4.69, 9.17) is 0 Å². The van der Waals surface area contributed by atoms with Crippen molar-refractivity contribution in [2.75, 3.05) is 38.3 Å². The number of nitrogens with zero attached hydrogens (tertiary/aromatic N) is 3. The number of carbonyl (C=O) groups is 1. The molecule has 100 valence electrons. The van der Waals surface area contributed by atoms with Crippen LogP contribution in [0.25, 0.3) is 0 Å². The molecule has 0 aliphatic carbocycles. The van der Waals surface area contributed by atoms with Gasteiger partial charge in [-0.15, -0.1) is 0 Å². The first kappa shape index (κ1) is 14.2. The van der Waals surface area contributed by atoms with E-state index >= 15 is 0 Å². The fraction of sp³-hybridized carbons (Fsp3) is 0.583. The Morgan fingerprint density at radius 2 is 2.00 bits per heavy atom. The summed E-state index contributed by atoms with van der Waals surface area (Å²) in [7, 11) is 5.32. The number of rotatable bonds is 6. The average molecular weight is 251 g/mol.